The minimum Gasteiger partial charge on any atom is -0.382 e. The molecule has 1 aliphatic rings. The van der Waals surface area contributed by atoms with Gasteiger partial charge < -0.3 is 15.2 Å². The number of piperidine rings is 1. The van der Waals surface area contributed by atoms with Gasteiger partial charge in [0.05, 0.1) is 19.8 Å². The number of rotatable bonds is 7. The molecule has 4 heteroatoms. The van der Waals surface area contributed by atoms with Gasteiger partial charge in [0.2, 0.25) is 0 Å². The fraction of sp³-hybridized carbons (Fsp3) is 1.00. The molecular formula is C12H26N2O2. The topological polar surface area (TPSA) is 47.7 Å². The number of ether oxygens (including phenoxy) is 2. The lowest BCUT2D eigenvalue weighted by Gasteiger charge is -2.39. The van der Waals surface area contributed by atoms with Crippen LogP contribution in [0.1, 0.15) is 19.8 Å². The Labute approximate surface area is 99.1 Å². The van der Waals surface area contributed by atoms with Crippen LogP contribution in [0.4, 0.5) is 0 Å². The summed E-state index contributed by atoms with van der Waals surface area (Å²) in [6.07, 6.45) is 2.60. The fourth-order valence-corrected chi connectivity index (χ4v) is 2.42. The van der Waals surface area contributed by atoms with Crippen LogP contribution < -0.4 is 5.73 Å². The second kappa shape index (κ2) is 8.01. The van der Waals surface area contributed by atoms with Crippen LogP contribution in [0, 0.1) is 5.92 Å². The summed E-state index contributed by atoms with van der Waals surface area (Å²) in [6, 6.07) is 0.541. The highest BCUT2D eigenvalue weighted by Gasteiger charge is 2.26. The minimum atomic E-state index is 0.541. The van der Waals surface area contributed by atoms with Crippen molar-refractivity contribution in [2.75, 3.05) is 46.6 Å². The maximum Gasteiger partial charge on any atom is 0.0700 e. The van der Waals surface area contributed by atoms with Crippen LogP contribution in [-0.2, 0) is 9.47 Å². The van der Waals surface area contributed by atoms with E-state index in [0.29, 0.717) is 19.3 Å². The maximum absolute atomic E-state index is 5.83. The fourth-order valence-electron chi connectivity index (χ4n) is 2.42. The molecule has 1 heterocycles. The van der Waals surface area contributed by atoms with Gasteiger partial charge in [0, 0.05) is 26.2 Å². The largest absolute Gasteiger partial charge is 0.382 e. The van der Waals surface area contributed by atoms with E-state index in [2.05, 4.69) is 11.8 Å². The third-order valence-electron chi connectivity index (χ3n) is 3.43. The van der Waals surface area contributed by atoms with Gasteiger partial charge in [0.1, 0.15) is 0 Å². The van der Waals surface area contributed by atoms with Gasteiger partial charge in [0.25, 0.3) is 0 Å². The van der Waals surface area contributed by atoms with Crippen molar-refractivity contribution in [3.05, 3.63) is 0 Å². The molecule has 2 atom stereocenters. The Morgan fingerprint density at radius 3 is 2.81 bits per heavy atom. The van der Waals surface area contributed by atoms with Gasteiger partial charge in [-0.15, -0.1) is 0 Å². The molecule has 16 heavy (non-hydrogen) atoms. The summed E-state index contributed by atoms with van der Waals surface area (Å²) in [5.41, 5.74) is 5.83. The molecule has 0 saturated carbocycles. The molecule has 1 aliphatic heterocycles. The van der Waals surface area contributed by atoms with Crippen LogP contribution in [0.15, 0.2) is 0 Å². The van der Waals surface area contributed by atoms with Gasteiger partial charge in [-0.3, -0.25) is 4.90 Å². The first-order chi connectivity index (χ1) is 7.79. The molecule has 1 fully saturated rings. The summed E-state index contributed by atoms with van der Waals surface area (Å²) < 4.78 is 10.4. The summed E-state index contributed by atoms with van der Waals surface area (Å²) in [5, 5.41) is 0. The van der Waals surface area contributed by atoms with Crippen LogP contribution in [0.3, 0.4) is 0 Å². The van der Waals surface area contributed by atoms with Gasteiger partial charge in [-0.25, -0.2) is 0 Å². The Morgan fingerprint density at radius 1 is 1.31 bits per heavy atom. The van der Waals surface area contributed by atoms with E-state index in [4.69, 9.17) is 15.2 Å². The molecule has 96 valence electrons. The molecule has 4 nitrogen and oxygen atoms in total. The molecule has 0 aromatic rings. The molecule has 1 rings (SSSR count). The van der Waals surface area contributed by atoms with Crippen LogP contribution in [0.25, 0.3) is 0 Å². The monoisotopic (exact) mass is 230 g/mol. The summed E-state index contributed by atoms with van der Waals surface area (Å²) in [7, 11) is 1.69. The molecule has 0 aromatic heterocycles. The zero-order chi connectivity index (χ0) is 11.8. The number of methoxy groups -OCH3 is 1. The van der Waals surface area contributed by atoms with Crippen molar-refractivity contribution < 1.29 is 9.47 Å². The van der Waals surface area contributed by atoms with Crippen molar-refractivity contribution in [2.45, 2.75) is 25.8 Å². The standard InChI is InChI=1S/C12H26N2O2/c1-11-4-3-5-14(12(11)10-13)6-7-16-9-8-15-2/h11-12H,3-10,13H2,1-2H3. The quantitative estimate of drug-likeness (QED) is 0.654. The number of nitrogens with zero attached hydrogens (tertiary/aromatic N) is 1. The number of hydrogen-bond donors (Lipinski definition) is 1. The molecule has 2 N–H and O–H groups in total. The van der Waals surface area contributed by atoms with Gasteiger partial charge in [-0.2, -0.15) is 0 Å². The van der Waals surface area contributed by atoms with Crippen LogP contribution in [0.2, 0.25) is 0 Å². The van der Waals surface area contributed by atoms with E-state index in [9.17, 15) is 0 Å². The summed E-state index contributed by atoms with van der Waals surface area (Å²) >= 11 is 0. The van der Waals surface area contributed by atoms with Crippen molar-refractivity contribution >= 4 is 0 Å². The first kappa shape index (κ1) is 13.9. The van der Waals surface area contributed by atoms with E-state index in [1.54, 1.807) is 7.11 Å². The molecular weight excluding hydrogens is 204 g/mol. The van der Waals surface area contributed by atoms with Gasteiger partial charge in [0.15, 0.2) is 0 Å². The lowest BCUT2D eigenvalue weighted by atomic mass is 9.91. The number of hydrogen-bond acceptors (Lipinski definition) is 4. The van der Waals surface area contributed by atoms with E-state index in [0.717, 1.165) is 25.6 Å². The third-order valence-corrected chi connectivity index (χ3v) is 3.43. The molecule has 1 saturated heterocycles. The predicted molar refractivity (Wildman–Crippen MR) is 65.5 cm³/mol. The number of likely N-dealkylation sites (tertiary alicyclic amines) is 1. The molecule has 2 unspecified atom stereocenters. The number of nitrogens with two attached hydrogens (primary N) is 1. The van der Waals surface area contributed by atoms with E-state index in [-0.39, 0.29) is 0 Å². The van der Waals surface area contributed by atoms with Crippen LogP contribution in [0.5, 0.6) is 0 Å². The van der Waals surface area contributed by atoms with Crippen molar-refractivity contribution in [3.63, 3.8) is 0 Å². The van der Waals surface area contributed by atoms with Gasteiger partial charge in [-0.1, -0.05) is 6.92 Å². The summed E-state index contributed by atoms with van der Waals surface area (Å²) in [6.45, 7) is 7.38. The van der Waals surface area contributed by atoms with E-state index in [1.807, 2.05) is 0 Å². The van der Waals surface area contributed by atoms with E-state index in [1.165, 1.54) is 19.4 Å². The average Bonchev–Trinajstić information content (AvgIpc) is 2.29. The highest BCUT2D eigenvalue weighted by molar-refractivity contribution is 4.82. The SMILES string of the molecule is COCCOCCN1CCCC(C)C1CN. The normalized spacial score (nSPS) is 27.2. The van der Waals surface area contributed by atoms with Crippen molar-refractivity contribution in [1.82, 2.24) is 4.90 Å². The molecule has 0 spiro atoms. The summed E-state index contributed by atoms with van der Waals surface area (Å²) in [5.74, 6) is 0.720. The first-order valence-electron chi connectivity index (χ1n) is 6.30. The Bertz CT molecular complexity index is 178. The zero-order valence-corrected chi connectivity index (χ0v) is 10.7. The van der Waals surface area contributed by atoms with Crippen LogP contribution >= 0.6 is 0 Å². The molecule has 0 amide bonds. The van der Waals surface area contributed by atoms with Gasteiger partial charge >= 0.3 is 0 Å². The second-order valence-electron chi connectivity index (χ2n) is 4.56. The lowest BCUT2D eigenvalue weighted by molar-refractivity contribution is 0.0333. The average molecular weight is 230 g/mol. The molecule has 0 aromatic carbocycles. The Morgan fingerprint density at radius 2 is 2.12 bits per heavy atom. The Balaban J connectivity index is 2.18. The third kappa shape index (κ3) is 4.37. The van der Waals surface area contributed by atoms with Crippen molar-refractivity contribution in [3.8, 4) is 0 Å². The highest BCUT2D eigenvalue weighted by Crippen LogP contribution is 2.21. The zero-order valence-electron chi connectivity index (χ0n) is 10.7. The first-order valence-corrected chi connectivity index (χ1v) is 6.30. The smallest absolute Gasteiger partial charge is 0.0700 e. The van der Waals surface area contributed by atoms with E-state index >= 15 is 0 Å². The van der Waals surface area contributed by atoms with Crippen molar-refractivity contribution in [2.24, 2.45) is 11.7 Å². The Hall–Kier alpha value is -0.160. The minimum absolute atomic E-state index is 0.541. The predicted octanol–water partition coefficient (Wildman–Crippen LogP) is 0.709. The Kier molecular flexibility index (Phi) is 6.96. The molecule has 0 bridgehead atoms. The lowest BCUT2D eigenvalue weighted by Crippen LogP contribution is -2.49. The second-order valence-corrected chi connectivity index (χ2v) is 4.56. The van der Waals surface area contributed by atoms with Crippen LogP contribution in [-0.4, -0.2) is 57.5 Å². The molecule has 0 radical (unpaired) electrons. The summed E-state index contributed by atoms with van der Waals surface area (Å²) in [4.78, 5) is 2.47. The van der Waals surface area contributed by atoms with E-state index < -0.39 is 0 Å². The van der Waals surface area contributed by atoms with Crippen molar-refractivity contribution in [1.29, 1.82) is 0 Å². The highest BCUT2D eigenvalue weighted by atomic mass is 16.5. The maximum atomic E-state index is 5.83. The molecule has 0 aliphatic carbocycles. The van der Waals surface area contributed by atoms with Gasteiger partial charge in [-0.05, 0) is 25.3 Å².